The molecule has 0 saturated carbocycles. The molecule has 1 atom stereocenters. The number of hydrogen-bond donors (Lipinski definition) is 1. The van der Waals surface area contributed by atoms with Crippen LogP contribution in [0.3, 0.4) is 0 Å². The van der Waals surface area contributed by atoms with E-state index in [0.29, 0.717) is 11.3 Å². The molecule has 88 valence electrons. The Kier molecular flexibility index (Phi) is 3.38. The molecule has 0 radical (unpaired) electrons. The van der Waals surface area contributed by atoms with Gasteiger partial charge in [0.15, 0.2) is 0 Å². The summed E-state index contributed by atoms with van der Waals surface area (Å²) in [4.78, 5) is 4.24. The van der Waals surface area contributed by atoms with Gasteiger partial charge in [0, 0.05) is 6.20 Å². The minimum absolute atomic E-state index is 0.0208. The first kappa shape index (κ1) is 11.6. The maximum Gasteiger partial charge on any atom is 0.149 e. The van der Waals surface area contributed by atoms with Gasteiger partial charge >= 0.3 is 0 Å². The van der Waals surface area contributed by atoms with E-state index in [1.54, 1.807) is 25.3 Å². The van der Waals surface area contributed by atoms with Crippen molar-refractivity contribution in [2.75, 3.05) is 5.32 Å². The maximum absolute atomic E-state index is 13.8. The summed E-state index contributed by atoms with van der Waals surface area (Å²) in [5.41, 5.74) is 2.06. The van der Waals surface area contributed by atoms with Crippen molar-refractivity contribution in [3.8, 4) is 0 Å². The molecule has 0 bridgehead atoms. The van der Waals surface area contributed by atoms with Crippen molar-refractivity contribution in [2.45, 2.75) is 19.9 Å². The van der Waals surface area contributed by atoms with Gasteiger partial charge in [-0.15, -0.1) is 0 Å². The first-order valence-corrected chi connectivity index (χ1v) is 5.61. The van der Waals surface area contributed by atoms with Crippen LogP contribution in [0.5, 0.6) is 0 Å². The molecule has 0 aliphatic rings. The van der Waals surface area contributed by atoms with E-state index in [2.05, 4.69) is 10.3 Å². The molecule has 1 heterocycles. The van der Waals surface area contributed by atoms with Gasteiger partial charge in [-0.3, -0.25) is 4.98 Å². The van der Waals surface area contributed by atoms with E-state index in [-0.39, 0.29) is 11.9 Å². The topological polar surface area (TPSA) is 24.9 Å². The number of nitrogens with one attached hydrogen (secondary N) is 1. The Balaban J connectivity index is 2.19. The lowest BCUT2D eigenvalue weighted by Gasteiger charge is -2.15. The Labute approximate surface area is 101 Å². The smallest absolute Gasteiger partial charge is 0.149 e. The Hall–Kier alpha value is -1.90. The SMILES string of the molecule is Cc1cccc(NC(C)c2ccccn2)c1F. The van der Waals surface area contributed by atoms with Crippen molar-refractivity contribution in [3.05, 3.63) is 59.7 Å². The molecule has 1 unspecified atom stereocenters. The van der Waals surface area contributed by atoms with E-state index < -0.39 is 0 Å². The fourth-order valence-corrected chi connectivity index (χ4v) is 1.70. The average Bonchev–Trinajstić information content (AvgIpc) is 2.36. The molecule has 1 aromatic carbocycles. The maximum atomic E-state index is 13.8. The second-order valence-corrected chi connectivity index (χ2v) is 4.06. The Morgan fingerprint density at radius 3 is 2.71 bits per heavy atom. The van der Waals surface area contributed by atoms with E-state index >= 15 is 0 Å². The van der Waals surface area contributed by atoms with Gasteiger partial charge in [-0.25, -0.2) is 4.39 Å². The second-order valence-electron chi connectivity index (χ2n) is 4.06. The van der Waals surface area contributed by atoms with Crippen molar-refractivity contribution in [1.82, 2.24) is 4.98 Å². The minimum Gasteiger partial charge on any atom is -0.375 e. The molecule has 0 amide bonds. The van der Waals surface area contributed by atoms with E-state index in [4.69, 9.17) is 0 Å². The van der Waals surface area contributed by atoms with Gasteiger partial charge in [0.05, 0.1) is 17.4 Å². The zero-order chi connectivity index (χ0) is 12.3. The third-order valence-electron chi connectivity index (χ3n) is 2.70. The molecule has 0 aliphatic carbocycles. The van der Waals surface area contributed by atoms with Crippen molar-refractivity contribution in [1.29, 1.82) is 0 Å². The lowest BCUT2D eigenvalue weighted by Crippen LogP contribution is -2.09. The number of rotatable bonds is 3. The molecule has 2 rings (SSSR count). The third kappa shape index (κ3) is 2.61. The van der Waals surface area contributed by atoms with E-state index in [0.717, 1.165) is 5.69 Å². The molecular weight excluding hydrogens is 215 g/mol. The molecule has 17 heavy (non-hydrogen) atoms. The number of anilines is 1. The van der Waals surface area contributed by atoms with Gasteiger partial charge in [-0.2, -0.15) is 0 Å². The van der Waals surface area contributed by atoms with Gasteiger partial charge in [0.25, 0.3) is 0 Å². The summed E-state index contributed by atoms with van der Waals surface area (Å²) in [5.74, 6) is -0.199. The molecule has 0 saturated heterocycles. The number of aryl methyl sites for hydroxylation is 1. The van der Waals surface area contributed by atoms with Crippen LogP contribution in [-0.2, 0) is 0 Å². The third-order valence-corrected chi connectivity index (χ3v) is 2.70. The molecule has 3 heteroatoms. The van der Waals surface area contributed by atoms with Crippen LogP contribution in [0.25, 0.3) is 0 Å². The van der Waals surface area contributed by atoms with Gasteiger partial charge in [-0.1, -0.05) is 18.2 Å². The zero-order valence-corrected chi connectivity index (χ0v) is 9.94. The average molecular weight is 230 g/mol. The summed E-state index contributed by atoms with van der Waals surface area (Å²) in [6.07, 6.45) is 1.74. The molecule has 2 nitrogen and oxygen atoms in total. The molecule has 2 aromatic rings. The largest absolute Gasteiger partial charge is 0.375 e. The lowest BCUT2D eigenvalue weighted by molar-refractivity contribution is 0.618. The molecule has 1 aromatic heterocycles. The summed E-state index contributed by atoms with van der Waals surface area (Å²) < 4.78 is 13.8. The van der Waals surface area contributed by atoms with Gasteiger partial charge in [0.2, 0.25) is 0 Å². The standard InChI is InChI=1S/C14H15FN2/c1-10-6-5-8-13(14(10)15)17-11(2)12-7-3-4-9-16-12/h3-9,11,17H,1-2H3. The molecule has 0 spiro atoms. The molecule has 0 aliphatic heterocycles. The highest BCUT2D eigenvalue weighted by Crippen LogP contribution is 2.22. The summed E-state index contributed by atoms with van der Waals surface area (Å²) in [6.45, 7) is 3.72. The highest BCUT2D eigenvalue weighted by Gasteiger charge is 2.10. The zero-order valence-electron chi connectivity index (χ0n) is 9.94. The number of nitrogens with zero attached hydrogens (tertiary/aromatic N) is 1. The van der Waals surface area contributed by atoms with Crippen LogP contribution >= 0.6 is 0 Å². The Morgan fingerprint density at radius 2 is 2.00 bits per heavy atom. The Bertz CT molecular complexity index is 497. The number of halogens is 1. The summed E-state index contributed by atoms with van der Waals surface area (Å²) >= 11 is 0. The normalized spacial score (nSPS) is 12.2. The van der Waals surface area contributed by atoms with Gasteiger partial charge in [0.1, 0.15) is 5.82 Å². The highest BCUT2D eigenvalue weighted by atomic mass is 19.1. The summed E-state index contributed by atoms with van der Waals surface area (Å²) in [7, 11) is 0. The first-order valence-electron chi connectivity index (χ1n) is 5.61. The van der Waals surface area contributed by atoms with Crippen LogP contribution < -0.4 is 5.32 Å². The van der Waals surface area contributed by atoms with Crippen molar-refractivity contribution < 1.29 is 4.39 Å². The van der Waals surface area contributed by atoms with Crippen LogP contribution in [0.1, 0.15) is 24.2 Å². The number of benzene rings is 1. The summed E-state index contributed by atoms with van der Waals surface area (Å²) in [5, 5.41) is 3.13. The summed E-state index contributed by atoms with van der Waals surface area (Å²) in [6, 6.07) is 11.0. The first-order chi connectivity index (χ1) is 8.18. The highest BCUT2D eigenvalue weighted by molar-refractivity contribution is 5.48. The van der Waals surface area contributed by atoms with E-state index in [1.165, 1.54) is 0 Å². The lowest BCUT2D eigenvalue weighted by atomic mass is 10.1. The van der Waals surface area contributed by atoms with Crippen molar-refractivity contribution >= 4 is 5.69 Å². The predicted octanol–water partition coefficient (Wildman–Crippen LogP) is 3.70. The van der Waals surface area contributed by atoms with Crippen molar-refractivity contribution in [2.24, 2.45) is 0 Å². The number of pyridine rings is 1. The van der Waals surface area contributed by atoms with Crippen LogP contribution in [0.2, 0.25) is 0 Å². The van der Waals surface area contributed by atoms with Crippen molar-refractivity contribution in [3.63, 3.8) is 0 Å². The van der Waals surface area contributed by atoms with Gasteiger partial charge in [-0.05, 0) is 37.6 Å². The van der Waals surface area contributed by atoms with E-state index in [1.807, 2.05) is 31.2 Å². The molecule has 0 fully saturated rings. The van der Waals surface area contributed by atoms with E-state index in [9.17, 15) is 4.39 Å². The fourth-order valence-electron chi connectivity index (χ4n) is 1.70. The monoisotopic (exact) mass is 230 g/mol. The van der Waals surface area contributed by atoms with Crippen LogP contribution in [0, 0.1) is 12.7 Å². The minimum atomic E-state index is -0.199. The van der Waals surface area contributed by atoms with Crippen LogP contribution in [-0.4, -0.2) is 4.98 Å². The predicted molar refractivity (Wildman–Crippen MR) is 67.4 cm³/mol. The van der Waals surface area contributed by atoms with Crippen LogP contribution in [0.4, 0.5) is 10.1 Å². The van der Waals surface area contributed by atoms with Gasteiger partial charge < -0.3 is 5.32 Å². The molecule has 1 N–H and O–H groups in total. The number of aromatic nitrogens is 1. The molecular formula is C14H15FN2. The second kappa shape index (κ2) is 4.95. The quantitative estimate of drug-likeness (QED) is 0.869. The van der Waals surface area contributed by atoms with Crippen LogP contribution in [0.15, 0.2) is 42.6 Å². The fraction of sp³-hybridized carbons (Fsp3) is 0.214. The number of hydrogen-bond acceptors (Lipinski definition) is 2. The Morgan fingerprint density at radius 1 is 1.18 bits per heavy atom.